The Balaban J connectivity index is 1.77. The van der Waals surface area contributed by atoms with Crippen molar-refractivity contribution in [3.63, 3.8) is 0 Å². The van der Waals surface area contributed by atoms with Crippen molar-refractivity contribution >= 4 is 11.8 Å². The van der Waals surface area contributed by atoms with Gasteiger partial charge in [-0.1, -0.05) is 6.92 Å². The Morgan fingerprint density at radius 1 is 1.40 bits per heavy atom. The van der Waals surface area contributed by atoms with Crippen molar-refractivity contribution in [3.8, 4) is 0 Å². The molecule has 3 heterocycles. The zero-order valence-corrected chi connectivity index (χ0v) is 12.1. The number of hydrogen-bond acceptors (Lipinski definition) is 4. The Hall–Kier alpha value is -1.78. The molecule has 0 bridgehead atoms. The molecule has 1 spiro atoms. The maximum absolute atomic E-state index is 11.3. The van der Waals surface area contributed by atoms with Crippen LogP contribution in [0.25, 0.3) is 0 Å². The standard InChI is InChI=1S/C15H21N3O2/c1-3-12-9-16-8-11(2)13(12)18-6-4-15(5-7-18)10-17-14(19)20-15/h8-9H,3-7,10H2,1-2H3,(H,17,19). The van der Waals surface area contributed by atoms with Gasteiger partial charge in [0.2, 0.25) is 0 Å². The van der Waals surface area contributed by atoms with Crippen molar-refractivity contribution < 1.29 is 9.53 Å². The number of pyridine rings is 1. The van der Waals surface area contributed by atoms with Crippen molar-refractivity contribution in [2.75, 3.05) is 24.5 Å². The highest BCUT2D eigenvalue weighted by Gasteiger charge is 2.43. The van der Waals surface area contributed by atoms with Crippen LogP contribution in [0.2, 0.25) is 0 Å². The number of aromatic nitrogens is 1. The van der Waals surface area contributed by atoms with E-state index in [1.54, 1.807) is 0 Å². The number of anilines is 1. The molecular weight excluding hydrogens is 254 g/mol. The minimum absolute atomic E-state index is 0.271. The lowest BCUT2D eigenvalue weighted by molar-refractivity contribution is 0.0366. The molecule has 0 aliphatic carbocycles. The van der Waals surface area contributed by atoms with E-state index in [1.165, 1.54) is 16.8 Å². The molecule has 3 rings (SSSR count). The zero-order chi connectivity index (χ0) is 14.2. The van der Waals surface area contributed by atoms with Crippen LogP contribution in [0.1, 0.15) is 30.9 Å². The summed E-state index contributed by atoms with van der Waals surface area (Å²) in [7, 11) is 0. The lowest BCUT2D eigenvalue weighted by Crippen LogP contribution is -2.47. The van der Waals surface area contributed by atoms with E-state index in [4.69, 9.17) is 4.74 Å². The van der Waals surface area contributed by atoms with Gasteiger partial charge in [0, 0.05) is 44.0 Å². The van der Waals surface area contributed by atoms with E-state index >= 15 is 0 Å². The smallest absolute Gasteiger partial charge is 0.407 e. The number of carbonyl (C=O) groups excluding carboxylic acids is 1. The predicted molar refractivity (Wildman–Crippen MR) is 77.0 cm³/mol. The van der Waals surface area contributed by atoms with Gasteiger partial charge in [0.15, 0.2) is 0 Å². The Labute approximate surface area is 119 Å². The molecule has 108 valence electrons. The van der Waals surface area contributed by atoms with Gasteiger partial charge in [-0.3, -0.25) is 4.98 Å². The van der Waals surface area contributed by atoms with Crippen LogP contribution in [0.5, 0.6) is 0 Å². The second kappa shape index (κ2) is 4.96. The summed E-state index contributed by atoms with van der Waals surface area (Å²) < 4.78 is 5.47. The van der Waals surface area contributed by atoms with E-state index < -0.39 is 0 Å². The Morgan fingerprint density at radius 2 is 2.15 bits per heavy atom. The maximum atomic E-state index is 11.3. The van der Waals surface area contributed by atoms with Gasteiger partial charge in [-0.25, -0.2) is 4.79 Å². The summed E-state index contributed by atoms with van der Waals surface area (Å²) in [5, 5.41) is 2.78. The molecule has 0 aromatic carbocycles. The third kappa shape index (κ3) is 2.21. The van der Waals surface area contributed by atoms with Crippen LogP contribution in [0, 0.1) is 6.92 Å². The molecule has 5 nitrogen and oxygen atoms in total. The Morgan fingerprint density at radius 3 is 2.75 bits per heavy atom. The summed E-state index contributed by atoms with van der Waals surface area (Å²) in [5.41, 5.74) is 3.56. The molecule has 20 heavy (non-hydrogen) atoms. The first kappa shape index (κ1) is 13.2. The number of rotatable bonds is 2. The number of piperidine rings is 1. The van der Waals surface area contributed by atoms with E-state index in [9.17, 15) is 4.79 Å². The summed E-state index contributed by atoms with van der Waals surface area (Å²) in [6.07, 6.45) is 6.38. The third-order valence-corrected chi connectivity index (χ3v) is 4.41. The van der Waals surface area contributed by atoms with Crippen molar-refractivity contribution in [1.82, 2.24) is 10.3 Å². The molecule has 2 fully saturated rings. The van der Waals surface area contributed by atoms with Crippen LogP contribution in [0.3, 0.4) is 0 Å². The molecule has 2 aliphatic heterocycles. The van der Waals surface area contributed by atoms with Crippen LogP contribution < -0.4 is 10.2 Å². The van der Waals surface area contributed by atoms with E-state index in [1.807, 2.05) is 12.4 Å². The second-order valence-corrected chi connectivity index (χ2v) is 5.73. The van der Waals surface area contributed by atoms with Crippen molar-refractivity contribution in [2.45, 2.75) is 38.7 Å². The molecule has 1 aromatic rings. The average molecular weight is 275 g/mol. The van der Waals surface area contributed by atoms with Gasteiger partial charge in [-0.2, -0.15) is 0 Å². The minimum Gasteiger partial charge on any atom is -0.441 e. The van der Waals surface area contributed by atoms with E-state index in [0.29, 0.717) is 6.54 Å². The minimum atomic E-state index is -0.277. The van der Waals surface area contributed by atoms with E-state index in [-0.39, 0.29) is 11.7 Å². The van der Waals surface area contributed by atoms with E-state index in [0.717, 1.165) is 32.4 Å². The summed E-state index contributed by atoms with van der Waals surface area (Å²) in [4.78, 5) is 18.0. The van der Waals surface area contributed by atoms with Crippen molar-refractivity contribution in [3.05, 3.63) is 23.5 Å². The molecule has 1 aromatic heterocycles. The molecule has 0 radical (unpaired) electrons. The highest BCUT2D eigenvalue weighted by Crippen LogP contribution is 2.34. The van der Waals surface area contributed by atoms with Crippen LogP contribution in [-0.2, 0) is 11.2 Å². The molecule has 5 heteroatoms. The number of hydrogen-bond donors (Lipinski definition) is 1. The SMILES string of the molecule is CCc1cncc(C)c1N1CCC2(CC1)CNC(=O)O2. The van der Waals surface area contributed by atoms with Gasteiger partial charge in [-0.15, -0.1) is 0 Å². The highest BCUT2D eigenvalue weighted by atomic mass is 16.6. The van der Waals surface area contributed by atoms with Crippen LogP contribution in [-0.4, -0.2) is 36.3 Å². The molecule has 1 N–H and O–H groups in total. The topological polar surface area (TPSA) is 54.5 Å². The molecule has 0 saturated carbocycles. The van der Waals surface area contributed by atoms with Gasteiger partial charge >= 0.3 is 6.09 Å². The van der Waals surface area contributed by atoms with Gasteiger partial charge in [0.05, 0.1) is 6.54 Å². The Kier molecular flexibility index (Phi) is 3.28. The normalized spacial score (nSPS) is 20.9. The second-order valence-electron chi connectivity index (χ2n) is 5.73. The number of nitrogens with one attached hydrogen (secondary N) is 1. The molecular formula is C15H21N3O2. The van der Waals surface area contributed by atoms with Crippen LogP contribution >= 0.6 is 0 Å². The van der Waals surface area contributed by atoms with E-state index in [2.05, 4.69) is 29.0 Å². The molecule has 1 amide bonds. The van der Waals surface area contributed by atoms with Gasteiger partial charge in [-0.05, 0) is 24.5 Å². The predicted octanol–water partition coefficient (Wildman–Crippen LogP) is 2.03. The summed E-state index contributed by atoms with van der Waals surface area (Å²) >= 11 is 0. The third-order valence-electron chi connectivity index (χ3n) is 4.41. The molecule has 2 saturated heterocycles. The number of carbonyl (C=O) groups is 1. The van der Waals surface area contributed by atoms with Crippen molar-refractivity contribution in [2.24, 2.45) is 0 Å². The lowest BCUT2D eigenvalue weighted by Gasteiger charge is -2.39. The van der Waals surface area contributed by atoms with Gasteiger partial charge in [0.1, 0.15) is 5.60 Å². The molecule has 0 unspecified atom stereocenters. The summed E-state index contributed by atoms with van der Waals surface area (Å²) in [5.74, 6) is 0. The largest absolute Gasteiger partial charge is 0.441 e. The van der Waals surface area contributed by atoms with Gasteiger partial charge in [0.25, 0.3) is 0 Å². The molecule has 0 atom stereocenters. The average Bonchev–Trinajstić information content (AvgIpc) is 2.81. The first-order valence-corrected chi connectivity index (χ1v) is 7.29. The number of ether oxygens (including phenoxy) is 1. The first-order chi connectivity index (χ1) is 9.63. The van der Waals surface area contributed by atoms with Crippen LogP contribution in [0.15, 0.2) is 12.4 Å². The van der Waals surface area contributed by atoms with Crippen LogP contribution in [0.4, 0.5) is 10.5 Å². The first-order valence-electron chi connectivity index (χ1n) is 7.29. The number of alkyl carbamates (subject to hydrolysis) is 1. The highest BCUT2D eigenvalue weighted by molar-refractivity contribution is 5.70. The zero-order valence-electron chi connectivity index (χ0n) is 12.1. The Bertz CT molecular complexity index is 522. The number of nitrogens with zero attached hydrogens (tertiary/aromatic N) is 2. The summed E-state index contributed by atoms with van der Waals surface area (Å²) in [6, 6.07) is 0. The quantitative estimate of drug-likeness (QED) is 0.897. The fourth-order valence-electron chi connectivity index (χ4n) is 3.24. The van der Waals surface area contributed by atoms with Gasteiger partial charge < -0.3 is 15.0 Å². The fourth-order valence-corrected chi connectivity index (χ4v) is 3.24. The molecule has 2 aliphatic rings. The monoisotopic (exact) mass is 275 g/mol. The summed E-state index contributed by atoms with van der Waals surface area (Å²) in [6.45, 7) is 6.77. The van der Waals surface area contributed by atoms with Crippen molar-refractivity contribution in [1.29, 1.82) is 0 Å². The number of amides is 1. The fraction of sp³-hybridized carbons (Fsp3) is 0.600. The lowest BCUT2D eigenvalue weighted by atomic mass is 9.90. The number of aryl methyl sites for hydroxylation is 2. The maximum Gasteiger partial charge on any atom is 0.407 e.